The second-order valence-electron chi connectivity index (χ2n) is 10.3. The van der Waals surface area contributed by atoms with E-state index in [1.54, 1.807) is 25.3 Å². The van der Waals surface area contributed by atoms with E-state index in [0.717, 1.165) is 16.7 Å². The lowest BCUT2D eigenvalue weighted by Gasteiger charge is -2.28. The number of hydrogen-bond acceptors (Lipinski definition) is 7. The third kappa shape index (κ3) is 4.68. The zero-order valence-electron chi connectivity index (χ0n) is 24.1. The minimum Gasteiger partial charge on any atom is -0.496 e. The van der Waals surface area contributed by atoms with Crippen molar-refractivity contribution in [3.8, 4) is 40.1 Å². The van der Waals surface area contributed by atoms with Gasteiger partial charge in [-0.05, 0) is 23.8 Å². The van der Waals surface area contributed by atoms with Crippen LogP contribution in [0.4, 0.5) is 0 Å². The Bertz CT molecular complexity index is 1960. The molecule has 218 valence electrons. The summed E-state index contributed by atoms with van der Waals surface area (Å²) in [6, 6.07) is 38.0. The zero-order valence-corrected chi connectivity index (χ0v) is 24.1. The topological polar surface area (TPSA) is 76.4 Å². The summed E-state index contributed by atoms with van der Waals surface area (Å²) >= 11 is 0. The number of fused-ring (bicyclic) bond motifs is 2. The van der Waals surface area contributed by atoms with Crippen LogP contribution in [-0.2, 0) is 12.4 Å². The quantitative estimate of drug-likeness (QED) is 0.181. The Morgan fingerprint density at radius 3 is 1.95 bits per heavy atom. The largest absolute Gasteiger partial charge is 0.496 e. The summed E-state index contributed by atoms with van der Waals surface area (Å²) in [5, 5.41) is 0.257. The highest BCUT2D eigenvalue weighted by Crippen LogP contribution is 2.49. The minimum absolute atomic E-state index is 0.0565. The van der Waals surface area contributed by atoms with Gasteiger partial charge in [0, 0.05) is 28.8 Å². The van der Waals surface area contributed by atoms with Gasteiger partial charge in [-0.2, -0.15) is 0 Å². The molecule has 7 rings (SSSR count). The smallest absolute Gasteiger partial charge is 0.305 e. The van der Waals surface area contributed by atoms with Crippen molar-refractivity contribution in [1.82, 2.24) is 0 Å². The molecule has 0 saturated carbocycles. The van der Waals surface area contributed by atoms with E-state index < -0.39 is 5.79 Å². The summed E-state index contributed by atoms with van der Waals surface area (Å²) in [7, 11) is 3.04. The first-order valence-electron chi connectivity index (χ1n) is 14.1. The van der Waals surface area contributed by atoms with E-state index in [-0.39, 0.29) is 28.9 Å². The van der Waals surface area contributed by atoms with Crippen LogP contribution in [0.5, 0.6) is 28.7 Å². The Kier molecular flexibility index (Phi) is 6.91. The first kappa shape index (κ1) is 27.2. The molecule has 0 unspecified atom stereocenters. The maximum atomic E-state index is 14.1. The molecule has 0 bridgehead atoms. The Labute approximate surface area is 253 Å². The van der Waals surface area contributed by atoms with Gasteiger partial charge in [0.05, 0.1) is 14.2 Å². The molecule has 0 radical (unpaired) electrons. The van der Waals surface area contributed by atoms with Crippen molar-refractivity contribution < 1.29 is 28.1 Å². The molecular formula is C37H28O7. The highest BCUT2D eigenvalue weighted by molar-refractivity contribution is 5.89. The summed E-state index contributed by atoms with van der Waals surface area (Å²) in [4.78, 5) is 14.1. The lowest BCUT2D eigenvalue weighted by atomic mass is 9.97. The van der Waals surface area contributed by atoms with Gasteiger partial charge in [0.1, 0.15) is 29.1 Å². The SMILES string of the molecule is COc1cc(OC)c2c(=O)c(OCc3ccccc3)c(-c3ccc4c(c3)OC(c3ccccc3)(c3ccccc3)O4)oc2c1. The highest BCUT2D eigenvalue weighted by Gasteiger charge is 2.45. The maximum Gasteiger partial charge on any atom is 0.305 e. The molecule has 2 heterocycles. The van der Waals surface area contributed by atoms with E-state index in [0.29, 0.717) is 34.1 Å². The van der Waals surface area contributed by atoms with Crippen LogP contribution in [0.15, 0.2) is 131 Å². The van der Waals surface area contributed by atoms with Gasteiger partial charge in [0.2, 0.25) is 11.2 Å². The predicted octanol–water partition coefficient (Wildman–Crippen LogP) is 7.73. The van der Waals surface area contributed by atoms with E-state index in [9.17, 15) is 4.79 Å². The van der Waals surface area contributed by atoms with Gasteiger partial charge in [-0.1, -0.05) is 91.0 Å². The van der Waals surface area contributed by atoms with Crippen molar-refractivity contribution in [2.24, 2.45) is 0 Å². The molecule has 1 aromatic heterocycles. The van der Waals surface area contributed by atoms with Crippen LogP contribution >= 0.6 is 0 Å². The van der Waals surface area contributed by atoms with Crippen molar-refractivity contribution in [2.45, 2.75) is 12.4 Å². The number of ether oxygens (including phenoxy) is 5. The van der Waals surface area contributed by atoms with E-state index in [1.165, 1.54) is 7.11 Å². The van der Waals surface area contributed by atoms with Crippen molar-refractivity contribution >= 4 is 11.0 Å². The number of rotatable bonds is 8. The lowest BCUT2D eigenvalue weighted by Crippen LogP contribution is -2.36. The fourth-order valence-electron chi connectivity index (χ4n) is 5.43. The normalized spacial score (nSPS) is 13.0. The van der Waals surface area contributed by atoms with E-state index >= 15 is 0 Å². The summed E-state index contributed by atoms with van der Waals surface area (Å²) in [6.07, 6.45) is 0. The number of methoxy groups -OCH3 is 2. The van der Waals surface area contributed by atoms with Crippen molar-refractivity contribution in [2.75, 3.05) is 14.2 Å². The average molecular weight is 585 g/mol. The van der Waals surface area contributed by atoms with Crippen molar-refractivity contribution in [3.05, 3.63) is 148 Å². The lowest BCUT2D eigenvalue weighted by molar-refractivity contribution is -0.0459. The zero-order chi connectivity index (χ0) is 30.1. The second kappa shape index (κ2) is 11.2. The molecule has 1 aliphatic rings. The minimum atomic E-state index is -1.19. The highest BCUT2D eigenvalue weighted by atomic mass is 16.7. The molecular weight excluding hydrogens is 556 g/mol. The Balaban J connectivity index is 1.37. The molecule has 0 saturated heterocycles. The molecule has 0 spiro atoms. The van der Waals surface area contributed by atoms with E-state index in [4.69, 9.17) is 28.1 Å². The molecule has 6 aromatic rings. The monoisotopic (exact) mass is 584 g/mol. The molecule has 7 heteroatoms. The molecule has 0 aliphatic carbocycles. The molecule has 0 atom stereocenters. The van der Waals surface area contributed by atoms with Crippen LogP contribution in [0.25, 0.3) is 22.3 Å². The third-order valence-corrected chi connectivity index (χ3v) is 7.59. The van der Waals surface area contributed by atoms with Crippen LogP contribution in [0, 0.1) is 0 Å². The van der Waals surface area contributed by atoms with Crippen LogP contribution in [0.2, 0.25) is 0 Å². The number of benzene rings is 5. The van der Waals surface area contributed by atoms with Gasteiger partial charge >= 0.3 is 5.79 Å². The predicted molar refractivity (Wildman–Crippen MR) is 167 cm³/mol. The Morgan fingerprint density at radius 1 is 0.682 bits per heavy atom. The van der Waals surface area contributed by atoms with Crippen LogP contribution in [0.3, 0.4) is 0 Å². The number of hydrogen-bond donors (Lipinski definition) is 0. The third-order valence-electron chi connectivity index (χ3n) is 7.59. The van der Waals surface area contributed by atoms with E-state index in [1.807, 2.05) is 103 Å². The van der Waals surface area contributed by atoms with Crippen LogP contribution in [0.1, 0.15) is 16.7 Å². The second-order valence-corrected chi connectivity index (χ2v) is 10.3. The van der Waals surface area contributed by atoms with Gasteiger partial charge in [-0.15, -0.1) is 0 Å². The first-order chi connectivity index (χ1) is 21.6. The van der Waals surface area contributed by atoms with Gasteiger partial charge in [0.25, 0.3) is 0 Å². The van der Waals surface area contributed by atoms with E-state index in [2.05, 4.69) is 0 Å². The molecule has 5 aromatic carbocycles. The fourth-order valence-corrected chi connectivity index (χ4v) is 5.43. The average Bonchev–Trinajstić information content (AvgIpc) is 3.48. The maximum absolute atomic E-state index is 14.1. The van der Waals surface area contributed by atoms with Crippen LogP contribution in [-0.4, -0.2) is 14.2 Å². The molecule has 7 nitrogen and oxygen atoms in total. The molecule has 1 aliphatic heterocycles. The van der Waals surface area contributed by atoms with Crippen LogP contribution < -0.4 is 29.1 Å². The summed E-state index contributed by atoms with van der Waals surface area (Å²) < 4.78 is 36.9. The molecule has 44 heavy (non-hydrogen) atoms. The van der Waals surface area contributed by atoms with Gasteiger partial charge in [-0.3, -0.25) is 4.79 Å². The fraction of sp³-hybridized carbons (Fsp3) is 0.108. The Morgan fingerprint density at radius 2 is 1.32 bits per heavy atom. The molecule has 0 fully saturated rings. The summed E-state index contributed by atoms with van der Waals surface area (Å²) in [5.74, 6) is 0.974. The first-order valence-corrected chi connectivity index (χ1v) is 14.1. The van der Waals surface area contributed by atoms with Gasteiger partial charge < -0.3 is 28.1 Å². The molecule has 0 amide bonds. The summed E-state index contributed by atoms with van der Waals surface area (Å²) in [5.41, 5.74) is 3.10. The summed E-state index contributed by atoms with van der Waals surface area (Å²) in [6.45, 7) is 0.165. The standard InChI is InChI=1S/C37H28O7/c1-39-28-21-31(40-2)33-32(22-28)42-35(36(34(33)38)41-23-24-12-6-3-7-13-24)25-18-19-29-30(20-25)44-37(43-29,26-14-8-4-9-15-26)27-16-10-5-11-17-27/h3-22H,23H2,1-2H3. The van der Waals surface area contributed by atoms with Crippen molar-refractivity contribution in [3.63, 3.8) is 0 Å². The van der Waals surface area contributed by atoms with Crippen molar-refractivity contribution in [1.29, 1.82) is 0 Å². The molecule has 0 N–H and O–H groups in total. The van der Waals surface area contributed by atoms with Gasteiger partial charge in [0.15, 0.2) is 17.3 Å². The Hall–Kier alpha value is -5.69. The van der Waals surface area contributed by atoms with Gasteiger partial charge in [-0.25, -0.2) is 0 Å².